The van der Waals surface area contributed by atoms with Gasteiger partial charge < -0.3 is 0 Å². The second-order valence-electron chi connectivity index (χ2n) is 3.02. The lowest BCUT2D eigenvalue weighted by Crippen LogP contribution is -2.09. The molecule has 0 saturated heterocycles. The number of aromatic amines is 1. The first-order valence-corrected chi connectivity index (χ1v) is 6.89. The topological polar surface area (TPSA) is 74.8 Å². The zero-order chi connectivity index (χ0) is 10.9. The molecule has 2 N–H and O–H groups in total. The molecule has 0 atom stereocenters. The van der Waals surface area contributed by atoms with Crippen LogP contribution >= 0.6 is 11.3 Å². The van der Waals surface area contributed by atoms with Gasteiger partial charge in [0.2, 0.25) is 10.0 Å². The molecular formula is C8H9N3O2S2. The maximum atomic E-state index is 10.9. The molecule has 0 bridgehead atoms. The van der Waals surface area contributed by atoms with Gasteiger partial charge in [-0.15, -0.1) is 11.3 Å². The van der Waals surface area contributed by atoms with Crippen LogP contribution in [0.2, 0.25) is 0 Å². The van der Waals surface area contributed by atoms with E-state index in [9.17, 15) is 8.42 Å². The minimum Gasteiger partial charge on any atom is -0.275 e. The third kappa shape index (κ3) is 2.57. The highest BCUT2D eigenvalue weighted by Crippen LogP contribution is 2.24. The number of aromatic nitrogens is 2. The van der Waals surface area contributed by atoms with Gasteiger partial charge in [-0.1, -0.05) is 6.07 Å². The second-order valence-corrected chi connectivity index (χ2v) is 5.71. The average Bonchev–Trinajstić information content (AvgIpc) is 2.68. The molecule has 80 valence electrons. The van der Waals surface area contributed by atoms with E-state index in [2.05, 4.69) is 14.9 Å². The Hall–Kier alpha value is -1.34. The normalized spacial score (nSPS) is 11.5. The van der Waals surface area contributed by atoms with Crippen LogP contribution in [0.15, 0.2) is 23.6 Å². The van der Waals surface area contributed by atoms with Gasteiger partial charge in [-0.25, -0.2) is 8.42 Å². The van der Waals surface area contributed by atoms with Crippen molar-refractivity contribution in [2.45, 2.75) is 0 Å². The van der Waals surface area contributed by atoms with E-state index in [0.29, 0.717) is 5.82 Å². The van der Waals surface area contributed by atoms with Crippen LogP contribution in [0.1, 0.15) is 0 Å². The van der Waals surface area contributed by atoms with Gasteiger partial charge in [0.25, 0.3) is 0 Å². The Labute approximate surface area is 91.2 Å². The lowest BCUT2D eigenvalue weighted by molar-refractivity contribution is 0.606. The average molecular weight is 243 g/mol. The van der Waals surface area contributed by atoms with Gasteiger partial charge >= 0.3 is 0 Å². The largest absolute Gasteiger partial charge is 0.275 e. The lowest BCUT2D eigenvalue weighted by atomic mass is 10.3. The third-order valence-corrected chi connectivity index (χ3v) is 3.14. The SMILES string of the molecule is CS(=O)(=O)Nc1cc(-c2cccs2)[nH]n1. The number of rotatable bonds is 3. The molecule has 0 aliphatic carbocycles. The second kappa shape index (κ2) is 3.67. The predicted octanol–water partition coefficient (Wildman–Crippen LogP) is 1.51. The van der Waals surface area contributed by atoms with Gasteiger partial charge in [0.05, 0.1) is 16.8 Å². The molecule has 2 heterocycles. The van der Waals surface area contributed by atoms with Crippen molar-refractivity contribution >= 4 is 27.2 Å². The van der Waals surface area contributed by atoms with Crippen LogP contribution in [0.5, 0.6) is 0 Å². The van der Waals surface area contributed by atoms with E-state index in [1.54, 1.807) is 17.4 Å². The summed E-state index contributed by atoms with van der Waals surface area (Å²) >= 11 is 1.56. The van der Waals surface area contributed by atoms with Crippen molar-refractivity contribution in [3.8, 4) is 10.6 Å². The first-order chi connectivity index (χ1) is 7.04. The van der Waals surface area contributed by atoms with E-state index in [1.807, 2.05) is 17.5 Å². The van der Waals surface area contributed by atoms with Crippen LogP contribution in [0.4, 0.5) is 5.82 Å². The summed E-state index contributed by atoms with van der Waals surface area (Å²) in [6.45, 7) is 0. The summed E-state index contributed by atoms with van der Waals surface area (Å²) in [5.74, 6) is 0.306. The van der Waals surface area contributed by atoms with Crippen LogP contribution in [-0.2, 0) is 10.0 Å². The molecule has 0 saturated carbocycles. The quantitative estimate of drug-likeness (QED) is 0.858. The number of thiophene rings is 1. The summed E-state index contributed by atoms with van der Waals surface area (Å²) in [6, 6.07) is 5.51. The van der Waals surface area contributed by atoms with Crippen molar-refractivity contribution in [2.75, 3.05) is 11.0 Å². The molecular weight excluding hydrogens is 234 g/mol. The van der Waals surface area contributed by atoms with Crippen molar-refractivity contribution in [2.24, 2.45) is 0 Å². The summed E-state index contributed by atoms with van der Waals surface area (Å²) in [5.41, 5.74) is 0.802. The molecule has 7 heteroatoms. The molecule has 2 aromatic heterocycles. The maximum Gasteiger partial charge on any atom is 0.231 e. The molecule has 0 spiro atoms. The number of nitrogens with one attached hydrogen (secondary N) is 2. The molecule has 0 aromatic carbocycles. The number of nitrogens with zero attached hydrogens (tertiary/aromatic N) is 1. The Morgan fingerprint density at radius 3 is 2.93 bits per heavy atom. The lowest BCUT2D eigenvalue weighted by Gasteiger charge is -1.95. The molecule has 0 amide bonds. The fourth-order valence-corrected chi connectivity index (χ4v) is 2.30. The van der Waals surface area contributed by atoms with Crippen molar-refractivity contribution in [1.82, 2.24) is 10.2 Å². The van der Waals surface area contributed by atoms with Gasteiger partial charge in [-0.2, -0.15) is 5.10 Å². The van der Waals surface area contributed by atoms with Crippen LogP contribution in [0.25, 0.3) is 10.6 Å². The molecule has 15 heavy (non-hydrogen) atoms. The maximum absolute atomic E-state index is 10.9. The number of H-pyrrole nitrogens is 1. The van der Waals surface area contributed by atoms with Crippen molar-refractivity contribution < 1.29 is 8.42 Å². The zero-order valence-electron chi connectivity index (χ0n) is 7.89. The summed E-state index contributed by atoms with van der Waals surface area (Å²) in [4.78, 5) is 1.02. The molecule has 0 aliphatic rings. The molecule has 2 rings (SSSR count). The predicted molar refractivity (Wildman–Crippen MR) is 60.4 cm³/mol. The fourth-order valence-electron chi connectivity index (χ4n) is 1.12. The van der Waals surface area contributed by atoms with Crippen molar-refractivity contribution in [3.05, 3.63) is 23.6 Å². The van der Waals surface area contributed by atoms with Crippen molar-refractivity contribution in [1.29, 1.82) is 0 Å². The highest BCUT2D eigenvalue weighted by molar-refractivity contribution is 7.92. The van der Waals surface area contributed by atoms with Gasteiger partial charge in [0, 0.05) is 6.07 Å². The standard InChI is InChI=1S/C8H9N3O2S2/c1-15(12,13)11-8-5-6(9-10-8)7-3-2-4-14-7/h2-5H,1H3,(H2,9,10,11). The Kier molecular flexibility index (Phi) is 2.49. The molecule has 0 aliphatic heterocycles. The Balaban J connectivity index is 2.25. The van der Waals surface area contributed by atoms with E-state index < -0.39 is 10.0 Å². The van der Waals surface area contributed by atoms with Gasteiger partial charge in [-0.3, -0.25) is 9.82 Å². The molecule has 0 unspecified atom stereocenters. The molecule has 2 aromatic rings. The first kappa shape index (κ1) is 10.2. The monoisotopic (exact) mass is 243 g/mol. The van der Waals surface area contributed by atoms with E-state index in [0.717, 1.165) is 16.8 Å². The van der Waals surface area contributed by atoms with Gasteiger partial charge in [0.15, 0.2) is 5.82 Å². The van der Waals surface area contributed by atoms with Crippen LogP contribution in [0, 0.1) is 0 Å². The van der Waals surface area contributed by atoms with E-state index in [-0.39, 0.29) is 0 Å². The minimum atomic E-state index is -3.26. The summed E-state index contributed by atoms with van der Waals surface area (Å²) in [7, 11) is -3.26. The minimum absolute atomic E-state index is 0.306. The smallest absolute Gasteiger partial charge is 0.231 e. The highest BCUT2D eigenvalue weighted by atomic mass is 32.2. The number of hydrogen-bond donors (Lipinski definition) is 2. The van der Waals surface area contributed by atoms with E-state index in [1.165, 1.54) is 0 Å². The van der Waals surface area contributed by atoms with E-state index in [4.69, 9.17) is 0 Å². The highest BCUT2D eigenvalue weighted by Gasteiger charge is 2.07. The Morgan fingerprint density at radius 1 is 1.53 bits per heavy atom. The Morgan fingerprint density at radius 2 is 2.33 bits per heavy atom. The third-order valence-electron chi connectivity index (χ3n) is 1.65. The van der Waals surface area contributed by atoms with Crippen LogP contribution in [0.3, 0.4) is 0 Å². The number of hydrogen-bond acceptors (Lipinski definition) is 4. The van der Waals surface area contributed by atoms with Crippen LogP contribution < -0.4 is 4.72 Å². The van der Waals surface area contributed by atoms with Gasteiger partial charge in [-0.05, 0) is 11.4 Å². The molecule has 5 nitrogen and oxygen atoms in total. The zero-order valence-corrected chi connectivity index (χ0v) is 9.52. The number of sulfonamides is 1. The summed E-state index contributed by atoms with van der Waals surface area (Å²) < 4.78 is 24.2. The van der Waals surface area contributed by atoms with Crippen LogP contribution in [-0.4, -0.2) is 24.9 Å². The Bertz CT molecular complexity index is 542. The van der Waals surface area contributed by atoms with Gasteiger partial charge in [0.1, 0.15) is 0 Å². The summed E-state index contributed by atoms with van der Waals surface area (Å²) in [6.07, 6.45) is 1.09. The van der Waals surface area contributed by atoms with E-state index >= 15 is 0 Å². The first-order valence-electron chi connectivity index (χ1n) is 4.12. The number of anilines is 1. The molecule has 0 radical (unpaired) electrons. The molecule has 0 fully saturated rings. The fraction of sp³-hybridized carbons (Fsp3) is 0.125. The van der Waals surface area contributed by atoms with Crippen molar-refractivity contribution in [3.63, 3.8) is 0 Å². The summed E-state index contributed by atoms with van der Waals surface area (Å²) in [5, 5.41) is 8.56.